The minimum absolute atomic E-state index is 0.0289. The molecule has 1 atom stereocenters. The third-order valence-electron chi connectivity index (χ3n) is 3.30. The highest BCUT2D eigenvalue weighted by Gasteiger charge is 2.21. The van der Waals surface area contributed by atoms with E-state index in [1.807, 2.05) is 24.3 Å². The van der Waals surface area contributed by atoms with E-state index in [4.69, 9.17) is 11.6 Å². The van der Waals surface area contributed by atoms with Crippen molar-refractivity contribution in [2.75, 3.05) is 11.2 Å². The van der Waals surface area contributed by atoms with Crippen LogP contribution in [0.2, 0.25) is 0 Å². The molecule has 2 aromatic rings. The highest BCUT2D eigenvalue weighted by Crippen LogP contribution is 2.22. The van der Waals surface area contributed by atoms with Crippen molar-refractivity contribution >= 4 is 28.5 Å². The Bertz CT molecular complexity index is 529. The lowest BCUT2D eigenvalue weighted by atomic mass is 9.95. The number of benzene rings is 1. The Balaban J connectivity index is 2.26. The molecule has 96 valence electrons. The fourth-order valence-electron chi connectivity index (χ4n) is 1.86. The molecule has 0 aliphatic carbocycles. The summed E-state index contributed by atoms with van der Waals surface area (Å²) < 4.78 is 0. The smallest absolute Gasteiger partial charge is 0.145 e. The van der Waals surface area contributed by atoms with E-state index >= 15 is 0 Å². The van der Waals surface area contributed by atoms with Crippen molar-refractivity contribution in [3.63, 3.8) is 0 Å². The van der Waals surface area contributed by atoms with Crippen molar-refractivity contribution < 1.29 is 0 Å². The SMILES string of the molecule is CCC(C)(CCCl)Nc1cnc2ccccc2n1. The Labute approximate surface area is 113 Å². The zero-order valence-electron chi connectivity index (χ0n) is 10.8. The van der Waals surface area contributed by atoms with Gasteiger partial charge in [-0.15, -0.1) is 11.6 Å². The number of fused-ring (bicyclic) bond motifs is 1. The van der Waals surface area contributed by atoms with Gasteiger partial charge in [0.15, 0.2) is 0 Å². The van der Waals surface area contributed by atoms with Gasteiger partial charge < -0.3 is 5.32 Å². The first-order chi connectivity index (χ1) is 8.67. The van der Waals surface area contributed by atoms with Gasteiger partial charge in [0.25, 0.3) is 0 Å². The molecule has 1 N–H and O–H groups in total. The van der Waals surface area contributed by atoms with Gasteiger partial charge >= 0.3 is 0 Å². The van der Waals surface area contributed by atoms with Crippen molar-refractivity contribution in [3.05, 3.63) is 30.5 Å². The Kier molecular flexibility index (Phi) is 4.02. The Morgan fingerprint density at radius 1 is 1.28 bits per heavy atom. The van der Waals surface area contributed by atoms with Gasteiger partial charge in [-0.1, -0.05) is 19.1 Å². The number of nitrogens with zero attached hydrogens (tertiary/aromatic N) is 2. The Hall–Kier alpha value is -1.35. The molecule has 0 saturated heterocycles. The second-order valence-electron chi connectivity index (χ2n) is 4.72. The molecule has 0 spiro atoms. The number of anilines is 1. The van der Waals surface area contributed by atoms with Gasteiger partial charge in [-0.25, -0.2) is 4.98 Å². The van der Waals surface area contributed by atoms with Gasteiger partial charge in [-0.3, -0.25) is 4.98 Å². The molecule has 0 fully saturated rings. The molecule has 0 amide bonds. The summed E-state index contributed by atoms with van der Waals surface area (Å²) in [6.45, 7) is 4.31. The minimum Gasteiger partial charge on any atom is -0.364 e. The van der Waals surface area contributed by atoms with E-state index < -0.39 is 0 Å². The zero-order chi connectivity index (χ0) is 13.0. The topological polar surface area (TPSA) is 37.8 Å². The van der Waals surface area contributed by atoms with Gasteiger partial charge in [0.2, 0.25) is 0 Å². The number of hydrogen-bond acceptors (Lipinski definition) is 3. The van der Waals surface area contributed by atoms with Crippen LogP contribution in [-0.2, 0) is 0 Å². The molecule has 1 unspecified atom stereocenters. The summed E-state index contributed by atoms with van der Waals surface area (Å²) in [4.78, 5) is 8.98. The second-order valence-corrected chi connectivity index (χ2v) is 5.10. The number of hydrogen-bond donors (Lipinski definition) is 1. The monoisotopic (exact) mass is 263 g/mol. The van der Waals surface area contributed by atoms with E-state index in [0.717, 1.165) is 29.7 Å². The lowest BCUT2D eigenvalue weighted by molar-refractivity contribution is 0.479. The van der Waals surface area contributed by atoms with E-state index in [9.17, 15) is 0 Å². The molecule has 4 heteroatoms. The molecule has 1 aromatic carbocycles. The maximum Gasteiger partial charge on any atom is 0.145 e. The Morgan fingerprint density at radius 3 is 2.67 bits per heavy atom. The number of halogens is 1. The zero-order valence-corrected chi connectivity index (χ0v) is 11.5. The van der Waals surface area contributed by atoms with E-state index in [1.54, 1.807) is 6.20 Å². The van der Waals surface area contributed by atoms with E-state index in [1.165, 1.54) is 0 Å². The maximum absolute atomic E-state index is 5.85. The van der Waals surface area contributed by atoms with E-state index in [2.05, 4.69) is 29.1 Å². The maximum atomic E-state index is 5.85. The van der Waals surface area contributed by atoms with Crippen LogP contribution in [0.4, 0.5) is 5.82 Å². The van der Waals surface area contributed by atoms with Gasteiger partial charge in [-0.05, 0) is 31.9 Å². The number of rotatable bonds is 5. The fourth-order valence-corrected chi connectivity index (χ4v) is 2.28. The van der Waals surface area contributed by atoms with Crippen LogP contribution >= 0.6 is 11.6 Å². The largest absolute Gasteiger partial charge is 0.364 e. The molecule has 1 aromatic heterocycles. The molecular weight excluding hydrogens is 246 g/mol. The van der Waals surface area contributed by atoms with Gasteiger partial charge in [-0.2, -0.15) is 0 Å². The van der Waals surface area contributed by atoms with Crippen molar-refractivity contribution in [1.29, 1.82) is 0 Å². The summed E-state index contributed by atoms with van der Waals surface area (Å²) >= 11 is 5.85. The summed E-state index contributed by atoms with van der Waals surface area (Å²) in [5, 5.41) is 3.44. The minimum atomic E-state index is -0.0289. The highest BCUT2D eigenvalue weighted by molar-refractivity contribution is 6.17. The summed E-state index contributed by atoms with van der Waals surface area (Å²) in [5.74, 6) is 1.45. The van der Waals surface area contributed by atoms with Crippen LogP contribution in [0, 0.1) is 0 Å². The molecule has 1 heterocycles. The van der Waals surface area contributed by atoms with Crippen LogP contribution < -0.4 is 5.32 Å². The van der Waals surface area contributed by atoms with Crippen molar-refractivity contribution in [2.24, 2.45) is 0 Å². The van der Waals surface area contributed by atoms with Crippen LogP contribution in [0.15, 0.2) is 30.5 Å². The second kappa shape index (κ2) is 5.53. The summed E-state index contributed by atoms with van der Waals surface area (Å²) in [6, 6.07) is 7.87. The van der Waals surface area contributed by atoms with Crippen LogP contribution in [0.1, 0.15) is 26.7 Å². The van der Waals surface area contributed by atoms with E-state index in [-0.39, 0.29) is 5.54 Å². The molecular formula is C14H18ClN3. The molecule has 3 nitrogen and oxygen atoms in total. The van der Waals surface area contributed by atoms with Crippen LogP contribution in [-0.4, -0.2) is 21.4 Å². The predicted molar refractivity (Wildman–Crippen MR) is 77.2 cm³/mol. The van der Waals surface area contributed by atoms with Crippen LogP contribution in [0.3, 0.4) is 0 Å². The van der Waals surface area contributed by atoms with Gasteiger partial charge in [0, 0.05) is 11.4 Å². The lowest BCUT2D eigenvalue weighted by Crippen LogP contribution is -2.34. The van der Waals surface area contributed by atoms with Gasteiger partial charge in [0.05, 0.1) is 17.2 Å². The van der Waals surface area contributed by atoms with Crippen molar-refractivity contribution in [3.8, 4) is 0 Å². The Morgan fingerprint density at radius 2 is 2.00 bits per heavy atom. The first kappa shape index (κ1) is 13.1. The van der Waals surface area contributed by atoms with Crippen LogP contribution in [0.5, 0.6) is 0 Å². The molecule has 0 aliphatic heterocycles. The quantitative estimate of drug-likeness (QED) is 0.833. The summed E-state index contributed by atoms with van der Waals surface area (Å²) in [7, 11) is 0. The third-order valence-corrected chi connectivity index (χ3v) is 3.49. The normalized spacial score (nSPS) is 14.4. The average Bonchev–Trinajstić information content (AvgIpc) is 2.39. The van der Waals surface area contributed by atoms with Crippen LogP contribution in [0.25, 0.3) is 11.0 Å². The number of nitrogens with one attached hydrogen (secondary N) is 1. The number of para-hydroxylation sites is 2. The van der Waals surface area contributed by atoms with E-state index in [0.29, 0.717) is 5.88 Å². The molecule has 0 bridgehead atoms. The van der Waals surface area contributed by atoms with Crippen molar-refractivity contribution in [1.82, 2.24) is 9.97 Å². The standard InChI is InChI=1S/C14H18ClN3/c1-3-14(2,8-9-15)18-13-10-16-11-6-4-5-7-12(11)17-13/h4-7,10H,3,8-9H2,1-2H3,(H,17,18). The molecule has 0 saturated carbocycles. The van der Waals surface area contributed by atoms with Gasteiger partial charge in [0.1, 0.15) is 5.82 Å². The number of aromatic nitrogens is 2. The first-order valence-corrected chi connectivity index (χ1v) is 6.76. The molecule has 2 rings (SSSR count). The summed E-state index contributed by atoms with van der Waals surface area (Å²) in [6.07, 6.45) is 3.68. The molecule has 0 aliphatic rings. The number of alkyl halides is 1. The molecule has 0 radical (unpaired) electrons. The summed E-state index contributed by atoms with van der Waals surface area (Å²) in [5.41, 5.74) is 1.80. The predicted octanol–water partition coefficient (Wildman–Crippen LogP) is 3.84. The third kappa shape index (κ3) is 2.91. The van der Waals surface area contributed by atoms with Crippen molar-refractivity contribution in [2.45, 2.75) is 32.2 Å². The highest BCUT2D eigenvalue weighted by atomic mass is 35.5. The fraction of sp³-hybridized carbons (Fsp3) is 0.429. The lowest BCUT2D eigenvalue weighted by Gasteiger charge is -2.29. The molecule has 18 heavy (non-hydrogen) atoms. The average molecular weight is 264 g/mol. The first-order valence-electron chi connectivity index (χ1n) is 6.23.